The second kappa shape index (κ2) is 2.31. The number of aliphatic imine (C=N–C) groups is 4. The Morgan fingerprint density at radius 3 is 0.850 bits per heavy atom. The van der Waals surface area contributed by atoms with Crippen molar-refractivity contribution in [3.05, 3.63) is 0 Å². The maximum atomic E-state index is 10.7. The van der Waals surface area contributed by atoms with Gasteiger partial charge in [0.05, 0.1) is 22.2 Å². The predicted molar refractivity (Wildman–Crippen MR) is 57.4 cm³/mol. The molecule has 0 radical (unpaired) electrons. The summed E-state index contributed by atoms with van der Waals surface area (Å²) in [6.45, 7) is 0. The zero-order chi connectivity index (χ0) is 14.0. The predicted octanol–water partition coefficient (Wildman–Crippen LogP) is -1.18. The molecule has 0 aromatic rings. The quantitative estimate of drug-likeness (QED) is 0.470. The van der Waals surface area contributed by atoms with Crippen LogP contribution in [0.4, 0.5) is 0 Å². The Morgan fingerprint density at radius 1 is 0.500 bits per heavy atom. The van der Waals surface area contributed by atoms with E-state index in [0.29, 0.717) is 0 Å². The molecule has 6 aliphatic rings. The van der Waals surface area contributed by atoms with Crippen LogP contribution >= 0.6 is 0 Å². The molecule has 6 aliphatic carbocycles. The fourth-order valence-electron chi connectivity index (χ4n) is 6.96. The maximum Gasteiger partial charge on any atom is 0.235 e. The Morgan fingerprint density at radius 2 is 0.700 bits per heavy atom. The van der Waals surface area contributed by atoms with E-state index in [2.05, 4.69) is 20.0 Å². The molecule has 6 fully saturated rings. The molecule has 0 unspecified atom stereocenters. The molecule has 0 aromatic heterocycles. The van der Waals surface area contributed by atoms with Gasteiger partial charge in [0.15, 0.2) is 0 Å². The highest BCUT2D eigenvalue weighted by Crippen LogP contribution is 3.09. The highest BCUT2D eigenvalue weighted by atomic mass is 16.1. The fraction of sp³-hybridized carbons (Fsp3) is 0.667. The first-order valence-electron chi connectivity index (χ1n) is 6.07. The summed E-state index contributed by atoms with van der Waals surface area (Å²) in [4.78, 5) is 58.1. The first-order valence-corrected chi connectivity index (χ1v) is 6.07. The van der Waals surface area contributed by atoms with E-state index in [1.165, 1.54) is 24.3 Å². The number of isocyanates is 4. The molecule has 96 valence electrons. The van der Waals surface area contributed by atoms with Gasteiger partial charge in [-0.3, -0.25) is 0 Å². The van der Waals surface area contributed by atoms with Gasteiger partial charge in [0.1, 0.15) is 0 Å². The number of nitrogens with zero attached hydrogens (tertiary/aromatic N) is 4. The molecule has 0 heterocycles. The summed E-state index contributed by atoms with van der Waals surface area (Å²) in [5, 5.41) is 0. The van der Waals surface area contributed by atoms with E-state index < -0.39 is 22.2 Å². The van der Waals surface area contributed by atoms with Gasteiger partial charge < -0.3 is 0 Å². The van der Waals surface area contributed by atoms with Gasteiger partial charge in [-0.2, -0.15) is 20.0 Å². The molecule has 0 atom stereocenters. The van der Waals surface area contributed by atoms with Gasteiger partial charge >= 0.3 is 0 Å². The Hall–Kier alpha value is -2.48. The fourth-order valence-corrected chi connectivity index (χ4v) is 6.96. The van der Waals surface area contributed by atoms with Crippen LogP contribution in [0.1, 0.15) is 0 Å². The van der Waals surface area contributed by atoms with Crippen LogP contribution in [0, 0.1) is 23.7 Å². The molecule has 0 saturated heterocycles. The van der Waals surface area contributed by atoms with Crippen LogP contribution in [-0.2, 0) is 19.2 Å². The van der Waals surface area contributed by atoms with Crippen LogP contribution in [0.25, 0.3) is 0 Å². The van der Waals surface area contributed by atoms with Gasteiger partial charge in [0.25, 0.3) is 0 Å². The number of hydrogen-bond donors (Lipinski definition) is 0. The summed E-state index contributed by atoms with van der Waals surface area (Å²) in [5.41, 5.74) is -2.84. The number of rotatable bonds is 4. The van der Waals surface area contributed by atoms with Crippen molar-refractivity contribution in [1.82, 2.24) is 0 Å². The van der Waals surface area contributed by atoms with Gasteiger partial charge in [-0.15, -0.1) is 0 Å². The lowest BCUT2D eigenvalue weighted by Crippen LogP contribution is -3.26. The van der Waals surface area contributed by atoms with E-state index in [1.807, 2.05) is 0 Å². The zero-order valence-electron chi connectivity index (χ0n) is 9.73. The third-order valence-corrected chi connectivity index (χ3v) is 6.51. The lowest BCUT2D eigenvalue weighted by Gasteiger charge is -3.11. The second-order valence-electron chi connectivity index (χ2n) is 6.09. The second-order valence-corrected chi connectivity index (χ2v) is 6.09. The molecule has 0 aromatic carbocycles. The molecule has 0 bridgehead atoms. The lowest BCUT2D eigenvalue weighted by atomic mass is 8.91. The topological polar surface area (TPSA) is 118 Å². The average Bonchev–Trinajstić information content (AvgIpc) is 2.39. The standard InChI is InChI=1S/C12H4N4O4/c17-1-13-9-5-10(14-2-18)6(9)12(16-4-20)7(9)11(5,8(10)12)15-3-19/h5-8H. The van der Waals surface area contributed by atoms with Crippen molar-refractivity contribution in [2.75, 3.05) is 0 Å². The summed E-state index contributed by atoms with van der Waals surface area (Å²) in [6.07, 6.45) is 6.15. The Labute approximate surface area is 110 Å². The summed E-state index contributed by atoms with van der Waals surface area (Å²) in [6, 6.07) is 0. The summed E-state index contributed by atoms with van der Waals surface area (Å²) in [5.74, 6) is -1.07. The SMILES string of the molecule is O=C=NC12C3C4(N=C=O)C1C1(N=C=O)C2C3(N=C=O)C41. The van der Waals surface area contributed by atoms with Crippen LogP contribution in [-0.4, -0.2) is 46.5 Å². The van der Waals surface area contributed by atoms with Crippen LogP contribution in [0.5, 0.6) is 0 Å². The largest absolute Gasteiger partial charge is 0.235 e. The minimum absolute atomic E-state index is 0.268. The van der Waals surface area contributed by atoms with Gasteiger partial charge in [0.2, 0.25) is 24.3 Å². The minimum Gasteiger partial charge on any atom is -0.211 e. The molecule has 0 amide bonds. The molecule has 0 N–H and O–H groups in total. The van der Waals surface area contributed by atoms with Gasteiger partial charge in [-0.1, -0.05) is 0 Å². The van der Waals surface area contributed by atoms with Crippen molar-refractivity contribution < 1.29 is 19.2 Å². The Balaban J connectivity index is 1.75. The van der Waals surface area contributed by atoms with E-state index >= 15 is 0 Å². The van der Waals surface area contributed by atoms with Crippen molar-refractivity contribution in [3.63, 3.8) is 0 Å². The van der Waals surface area contributed by atoms with E-state index in [0.717, 1.165) is 0 Å². The average molecular weight is 268 g/mol. The highest BCUT2D eigenvalue weighted by Gasteiger charge is 3.23. The van der Waals surface area contributed by atoms with Crippen molar-refractivity contribution in [1.29, 1.82) is 0 Å². The molecule has 6 saturated carbocycles. The third-order valence-electron chi connectivity index (χ3n) is 6.51. The Bertz CT molecular complexity index is 622. The van der Waals surface area contributed by atoms with E-state index in [9.17, 15) is 19.2 Å². The van der Waals surface area contributed by atoms with Crippen LogP contribution in [0.3, 0.4) is 0 Å². The number of hydrogen-bond acceptors (Lipinski definition) is 8. The molecule has 0 spiro atoms. The zero-order valence-corrected chi connectivity index (χ0v) is 9.73. The highest BCUT2D eigenvalue weighted by molar-refractivity contribution is 5.80. The van der Waals surface area contributed by atoms with Crippen molar-refractivity contribution in [2.24, 2.45) is 43.6 Å². The van der Waals surface area contributed by atoms with Gasteiger partial charge in [-0.25, -0.2) is 19.2 Å². The third kappa shape index (κ3) is 0.447. The summed E-state index contributed by atoms with van der Waals surface area (Å²) < 4.78 is 0. The van der Waals surface area contributed by atoms with Gasteiger partial charge in [-0.05, 0) is 0 Å². The molecule has 0 aliphatic heterocycles. The summed E-state index contributed by atoms with van der Waals surface area (Å²) in [7, 11) is 0. The smallest absolute Gasteiger partial charge is 0.211 e. The van der Waals surface area contributed by atoms with Crippen LogP contribution in [0.2, 0.25) is 0 Å². The van der Waals surface area contributed by atoms with E-state index in [1.54, 1.807) is 0 Å². The minimum atomic E-state index is -0.711. The van der Waals surface area contributed by atoms with Gasteiger partial charge in [0, 0.05) is 23.7 Å². The first-order chi connectivity index (χ1) is 9.71. The van der Waals surface area contributed by atoms with Crippen LogP contribution in [0.15, 0.2) is 20.0 Å². The summed E-state index contributed by atoms with van der Waals surface area (Å²) >= 11 is 0. The normalized spacial score (nSPS) is 62.8. The maximum absolute atomic E-state index is 10.7. The Kier molecular flexibility index (Phi) is 1.19. The molecular weight excluding hydrogens is 264 g/mol. The first kappa shape index (κ1) is 10.3. The van der Waals surface area contributed by atoms with Crippen molar-refractivity contribution in [3.8, 4) is 0 Å². The van der Waals surface area contributed by atoms with Crippen LogP contribution < -0.4 is 0 Å². The van der Waals surface area contributed by atoms with Crippen molar-refractivity contribution >= 4 is 24.3 Å². The molecule has 8 nitrogen and oxygen atoms in total. The molecule has 8 heteroatoms. The molecule has 20 heavy (non-hydrogen) atoms. The van der Waals surface area contributed by atoms with E-state index in [4.69, 9.17) is 0 Å². The molecular formula is C12H4N4O4. The molecule has 6 rings (SSSR count). The monoisotopic (exact) mass is 268 g/mol. The van der Waals surface area contributed by atoms with E-state index in [-0.39, 0.29) is 23.7 Å². The van der Waals surface area contributed by atoms with Crippen molar-refractivity contribution in [2.45, 2.75) is 22.2 Å². The number of carbonyl (C=O) groups excluding carboxylic acids is 4. The lowest BCUT2D eigenvalue weighted by molar-refractivity contribution is -0.587.